The van der Waals surface area contributed by atoms with Gasteiger partial charge in [-0.05, 0) is 30.3 Å². The Morgan fingerprint density at radius 2 is 1.94 bits per heavy atom. The summed E-state index contributed by atoms with van der Waals surface area (Å²) in [6.45, 7) is 1.78. The summed E-state index contributed by atoms with van der Waals surface area (Å²) < 4.78 is 51.1. The van der Waals surface area contributed by atoms with E-state index in [2.05, 4.69) is 9.71 Å². The molecule has 0 bridgehead atoms. The normalized spacial score (nSPS) is 12.1. The van der Waals surface area contributed by atoms with Crippen molar-refractivity contribution in [1.29, 1.82) is 0 Å². The minimum absolute atomic E-state index is 0.160. The summed E-state index contributed by atoms with van der Waals surface area (Å²) in [5.41, 5.74) is 1.67. The Labute approximate surface area is 178 Å². The average Bonchev–Trinajstić information content (AvgIpc) is 3.24. The van der Waals surface area contributed by atoms with Crippen molar-refractivity contribution < 1.29 is 17.7 Å². The first-order valence-corrected chi connectivity index (χ1v) is 10.6. The fraction of sp³-hybridized carbons (Fsp3) is 0.143. The van der Waals surface area contributed by atoms with Crippen LogP contribution in [0.3, 0.4) is 0 Å². The predicted molar refractivity (Wildman–Crippen MR) is 115 cm³/mol. The molecule has 0 aliphatic carbocycles. The van der Waals surface area contributed by atoms with Crippen LogP contribution in [0.4, 0.5) is 14.5 Å². The number of hydrogen-bond acceptors (Lipinski definition) is 4. The second-order valence-electron chi connectivity index (χ2n) is 6.70. The molecule has 1 unspecified atom stereocenters. The lowest BCUT2D eigenvalue weighted by molar-refractivity contribution is 0.439. The van der Waals surface area contributed by atoms with Crippen molar-refractivity contribution in [1.82, 2.24) is 14.0 Å². The molecule has 4 aromatic rings. The zero-order chi connectivity index (χ0) is 22.1. The van der Waals surface area contributed by atoms with E-state index >= 15 is 0 Å². The summed E-state index contributed by atoms with van der Waals surface area (Å²) in [5.74, 6) is -1.07. The van der Waals surface area contributed by atoms with E-state index in [1.165, 1.54) is 23.2 Å². The largest absolute Gasteiger partial charge is 0.454 e. The third-order valence-corrected chi connectivity index (χ3v) is 5.60. The van der Waals surface area contributed by atoms with Crippen molar-refractivity contribution in [3.63, 3.8) is 0 Å². The number of aryl methyl sites for hydroxylation is 1. The third kappa shape index (κ3) is 4.06. The zero-order valence-electron chi connectivity index (χ0n) is 16.6. The zero-order valence-corrected chi connectivity index (χ0v) is 17.5. The van der Waals surface area contributed by atoms with Gasteiger partial charge in [-0.25, -0.2) is 18.0 Å². The summed E-state index contributed by atoms with van der Waals surface area (Å²) in [7, 11) is 0.317. The van der Waals surface area contributed by atoms with E-state index < -0.39 is 22.6 Å². The molecule has 0 amide bonds. The lowest BCUT2D eigenvalue weighted by atomic mass is 10.1. The van der Waals surface area contributed by atoms with Crippen LogP contribution in [0.25, 0.3) is 16.8 Å². The number of nitrogens with zero attached hydrogens (tertiary/aromatic N) is 3. The number of ether oxygens (including phenoxy) is 1. The number of aromatic nitrogens is 3. The number of fused-ring (bicyclic) bond motifs is 1. The predicted octanol–water partition coefficient (Wildman–Crippen LogP) is 3.87. The Hall–Kier alpha value is -3.53. The van der Waals surface area contributed by atoms with Gasteiger partial charge < -0.3 is 14.0 Å². The van der Waals surface area contributed by atoms with Gasteiger partial charge in [-0.1, -0.05) is 6.92 Å². The molecule has 2 aromatic heterocycles. The molecule has 0 saturated carbocycles. The molecule has 0 spiro atoms. The maximum Gasteiger partial charge on any atom is 0.276 e. The Bertz CT molecular complexity index is 1370. The highest BCUT2D eigenvalue weighted by atomic mass is 32.2. The van der Waals surface area contributed by atoms with Crippen molar-refractivity contribution in [2.45, 2.75) is 6.92 Å². The second-order valence-corrected chi connectivity index (χ2v) is 8.18. The smallest absolute Gasteiger partial charge is 0.276 e. The first kappa shape index (κ1) is 20.7. The summed E-state index contributed by atoms with van der Waals surface area (Å²) >= 11 is 0. The fourth-order valence-electron chi connectivity index (χ4n) is 3.09. The highest BCUT2D eigenvalue weighted by Gasteiger charge is 2.17. The molecule has 2 aromatic carbocycles. The van der Waals surface area contributed by atoms with Crippen LogP contribution in [0.1, 0.15) is 6.92 Å². The van der Waals surface area contributed by atoms with Gasteiger partial charge in [0.25, 0.3) is 5.56 Å². The molecule has 4 rings (SSSR count). The Morgan fingerprint density at radius 1 is 1.16 bits per heavy atom. The van der Waals surface area contributed by atoms with Gasteiger partial charge in [0.1, 0.15) is 28.1 Å². The van der Waals surface area contributed by atoms with E-state index in [4.69, 9.17) is 4.74 Å². The molecular formula is C21H18F2N4O3S. The monoisotopic (exact) mass is 444 g/mol. The lowest BCUT2D eigenvalue weighted by Crippen LogP contribution is -2.19. The maximum atomic E-state index is 14.2. The fourth-order valence-corrected chi connectivity index (χ4v) is 3.63. The van der Waals surface area contributed by atoms with Crippen LogP contribution in [-0.4, -0.2) is 23.9 Å². The summed E-state index contributed by atoms with van der Waals surface area (Å²) in [4.78, 5) is 16.5. The minimum atomic E-state index is -1.29. The molecule has 1 N–H and O–H groups in total. The lowest BCUT2D eigenvalue weighted by Gasteiger charge is -2.16. The number of benzene rings is 2. The molecule has 0 aliphatic heterocycles. The van der Waals surface area contributed by atoms with Gasteiger partial charge in [-0.15, -0.1) is 0 Å². The van der Waals surface area contributed by atoms with Crippen LogP contribution in [0.15, 0.2) is 59.9 Å². The SMILES string of the molecule is CCS(=O)Nc1ccc(Oc2ccc(F)cc2F)c(-c2cn(C)c(=O)c3cncn23)c1. The van der Waals surface area contributed by atoms with E-state index in [1.807, 2.05) is 0 Å². The number of halogens is 2. The summed E-state index contributed by atoms with van der Waals surface area (Å²) in [6.07, 6.45) is 4.53. The number of hydrogen-bond donors (Lipinski definition) is 1. The first-order valence-electron chi connectivity index (χ1n) is 9.31. The van der Waals surface area contributed by atoms with E-state index in [0.29, 0.717) is 28.2 Å². The van der Waals surface area contributed by atoms with Crippen LogP contribution in [0.5, 0.6) is 11.5 Å². The molecule has 160 valence electrons. The Kier molecular flexibility index (Phi) is 5.55. The number of nitrogens with one attached hydrogen (secondary N) is 1. The maximum absolute atomic E-state index is 14.2. The van der Waals surface area contributed by atoms with E-state index in [1.54, 1.807) is 42.8 Å². The quantitative estimate of drug-likeness (QED) is 0.490. The first-order chi connectivity index (χ1) is 14.9. The molecule has 0 fully saturated rings. The topological polar surface area (TPSA) is 77.6 Å². The molecule has 0 saturated heterocycles. The molecule has 1 atom stereocenters. The summed E-state index contributed by atoms with van der Waals surface area (Å²) in [5, 5.41) is 0. The van der Waals surface area contributed by atoms with Gasteiger partial charge in [-0.2, -0.15) is 0 Å². The second kappa shape index (κ2) is 8.31. The van der Waals surface area contributed by atoms with Crippen LogP contribution in [-0.2, 0) is 18.0 Å². The highest BCUT2D eigenvalue weighted by Crippen LogP contribution is 2.36. The van der Waals surface area contributed by atoms with Crippen LogP contribution < -0.4 is 15.0 Å². The van der Waals surface area contributed by atoms with E-state index in [0.717, 1.165) is 12.1 Å². The van der Waals surface area contributed by atoms with Gasteiger partial charge in [0, 0.05) is 36.3 Å². The van der Waals surface area contributed by atoms with Gasteiger partial charge in [0.05, 0.1) is 18.2 Å². The van der Waals surface area contributed by atoms with Crippen molar-refractivity contribution in [2.24, 2.45) is 7.05 Å². The van der Waals surface area contributed by atoms with Crippen molar-refractivity contribution in [2.75, 3.05) is 10.5 Å². The standard InChI is InChI=1S/C21H18F2N4O3S/c1-3-31(29)25-14-5-7-19(30-20-6-4-13(22)8-16(20)23)15(9-14)18-11-26(2)21(28)17-10-24-12-27(17)18/h4-12,25H,3H2,1-2H3. The van der Waals surface area contributed by atoms with Crippen molar-refractivity contribution in [3.8, 4) is 22.8 Å². The van der Waals surface area contributed by atoms with E-state index in [9.17, 15) is 17.8 Å². The van der Waals surface area contributed by atoms with E-state index in [-0.39, 0.29) is 17.1 Å². The van der Waals surface area contributed by atoms with Gasteiger partial charge in [0.15, 0.2) is 11.6 Å². The number of imidazole rings is 1. The van der Waals surface area contributed by atoms with Gasteiger partial charge in [-0.3, -0.25) is 9.20 Å². The van der Waals surface area contributed by atoms with Crippen LogP contribution in [0.2, 0.25) is 0 Å². The number of anilines is 1. The van der Waals surface area contributed by atoms with Gasteiger partial charge >= 0.3 is 0 Å². The molecule has 2 heterocycles. The van der Waals surface area contributed by atoms with Crippen molar-refractivity contribution >= 4 is 22.2 Å². The average molecular weight is 444 g/mol. The minimum Gasteiger partial charge on any atom is -0.454 e. The molecule has 10 heteroatoms. The third-order valence-electron chi connectivity index (χ3n) is 4.62. The molecule has 0 radical (unpaired) electrons. The molecule has 7 nitrogen and oxygen atoms in total. The van der Waals surface area contributed by atoms with Crippen LogP contribution >= 0.6 is 0 Å². The van der Waals surface area contributed by atoms with Crippen LogP contribution in [0, 0.1) is 11.6 Å². The molecular weight excluding hydrogens is 426 g/mol. The Balaban J connectivity index is 1.91. The van der Waals surface area contributed by atoms with Crippen molar-refractivity contribution in [3.05, 3.63) is 77.1 Å². The highest BCUT2D eigenvalue weighted by molar-refractivity contribution is 7.86. The Morgan fingerprint density at radius 3 is 2.68 bits per heavy atom. The van der Waals surface area contributed by atoms with Gasteiger partial charge in [0.2, 0.25) is 0 Å². The molecule has 0 aliphatic rings. The molecule has 31 heavy (non-hydrogen) atoms. The summed E-state index contributed by atoms with van der Waals surface area (Å²) in [6, 6.07) is 7.93. The number of rotatable bonds is 6.